The molecule has 0 aliphatic heterocycles. The zero-order chi connectivity index (χ0) is 64.9. The van der Waals surface area contributed by atoms with Crippen LogP contribution in [0.3, 0.4) is 0 Å². The Bertz CT molecular complexity index is 1460. The lowest BCUT2D eigenvalue weighted by Gasteiger charge is -2.20. The first-order valence-electron chi connectivity index (χ1n) is 41.3. The summed E-state index contributed by atoms with van der Waals surface area (Å²) in [6, 6.07) is -0.630. The van der Waals surface area contributed by atoms with Gasteiger partial charge in [0.25, 0.3) is 0 Å². The van der Waals surface area contributed by atoms with Crippen LogP contribution < -0.4 is 5.32 Å². The van der Waals surface area contributed by atoms with Gasteiger partial charge in [-0.2, -0.15) is 0 Å². The van der Waals surface area contributed by atoms with Crippen LogP contribution in [-0.4, -0.2) is 47.4 Å². The summed E-state index contributed by atoms with van der Waals surface area (Å²) in [7, 11) is 0. The molecule has 0 aromatic carbocycles. The molecule has 0 bridgehead atoms. The van der Waals surface area contributed by atoms with Crippen LogP contribution in [0.25, 0.3) is 0 Å². The topological polar surface area (TPSA) is 95.9 Å². The number of carbonyl (C=O) groups is 2. The summed E-state index contributed by atoms with van der Waals surface area (Å²) in [5.74, 6) is -0.0443. The van der Waals surface area contributed by atoms with E-state index in [1.165, 1.54) is 392 Å². The van der Waals surface area contributed by atoms with E-state index >= 15 is 0 Å². The molecule has 0 saturated heterocycles. The lowest BCUT2D eigenvalue weighted by atomic mass is 10.0. The van der Waals surface area contributed by atoms with Crippen LogP contribution >= 0.6 is 0 Å². The van der Waals surface area contributed by atoms with Gasteiger partial charge in [-0.25, -0.2) is 0 Å². The van der Waals surface area contributed by atoms with E-state index in [1.807, 2.05) is 6.08 Å². The average molecular weight is 1270 g/mol. The number of hydrogen-bond acceptors (Lipinski definition) is 5. The van der Waals surface area contributed by atoms with Crippen LogP contribution in [0.5, 0.6) is 0 Å². The third-order valence-corrected chi connectivity index (χ3v) is 19.4. The van der Waals surface area contributed by atoms with Gasteiger partial charge in [0.1, 0.15) is 0 Å². The zero-order valence-electron chi connectivity index (χ0n) is 61.1. The quantitative estimate of drug-likeness (QED) is 0.0320. The molecule has 0 heterocycles. The predicted molar refractivity (Wildman–Crippen MR) is 398 cm³/mol. The first kappa shape index (κ1) is 88.1. The number of aliphatic hydroxyl groups excluding tert-OH is 2. The summed E-state index contributed by atoms with van der Waals surface area (Å²) in [6.07, 6.45) is 104. The van der Waals surface area contributed by atoms with Gasteiger partial charge >= 0.3 is 5.97 Å². The number of unbranched alkanes of at least 4 members (excludes halogenated alkanes) is 63. The maximum absolute atomic E-state index is 12.6. The third kappa shape index (κ3) is 75.1. The second-order valence-electron chi connectivity index (χ2n) is 28.5. The summed E-state index contributed by atoms with van der Waals surface area (Å²) in [6.45, 7) is 4.96. The lowest BCUT2D eigenvalue weighted by Crippen LogP contribution is -2.45. The van der Waals surface area contributed by atoms with E-state index in [1.54, 1.807) is 6.08 Å². The molecular formula is C84H161NO5. The normalized spacial score (nSPS) is 12.6. The van der Waals surface area contributed by atoms with E-state index in [4.69, 9.17) is 4.74 Å². The van der Waals surface area contributed by atoms with Crippen molar-refractivity contribution in [3.63, 3.8) is 0 Å². The van der Waals surface area contributed by atoms with Crippen molar-refractivity contribution in [2.24, 2.45) is 0 Å². The molecule has 90 heavy (non-hydrogen) atoms. The molecule has 0 aliphatic carbocycles. The first-order valence-corrected chi connectivity index (χ1v) is 41.3. The van der Waals surface area contributed by atoms with Crippen molar-refractivity contribution in [3.8, 4) is 0 Å². The van der Waals surface area contributed by atoms with Gasteiger partial charge in [0.05, 0.1) is 25.4 Å². The van der Waals surface area contributed by atoms with Crippen molar-refractivity contribution in [2.45, 2.75) is 475 Å². The number of aliphatic hydroxyl groups is 2. The second-order valence-corrected chi connectivity index (χ2v) is 28.5. The highest BCUT2D eigenvalue weighted by molar-refractivity contribution is 5.76. The van der Waals surface area contributed by atoms with Crippen molar-refractivity contribution in [1.82, 2.24) is 5.32 Å². The third-order valence-electron chi connectivity index (χ3n) is 19.4. The predicted octanol–water partition coefficient (Wildman–Crippen LogP) is 27.4. The molecule has 0 aliphatic rings. The molecule has 532 valence electrons. The number of esters is 1. The summed E-state index contributed by atoms with van der Waals surface area (Å²) < 4.78 is 5.51. The fourth-order valence-corrected chi connectivity index (χ4v) is 13.1. The van der Waals surface area contributed by atoms with E-state index in [0.29, 0.717) is 19.4 Å². The van der Waals surface area contributed by atoms with Gasteiger partial charge in [0.15, 0.2) is 0 Å². The van der Waals surface area contributed by atoms with Crippen LogP contribution in [-0.2, 0) is 14.3 Å². The number of nitrogens with one attached hydrogen (secondary N) is 1. The lowest BCUT2D eigenvalue weighted by molar-refractivity contribution is -0.143. The standard InChI is InChI=1S/C84H161NO5/c1-3-5-7-9-11-13-15-17-19-21-22-23-24-32-35-38-41-45-48-52-56-60-64-68-72-76-82(87)81(80-86)85-83(88)77-73-69-65-61-57-53-49-46-42-39-36-33-30-28-26-25-27-29-31-34-37-40-43-47-51-55-59-63-67-71-75-79-90-84(89)78-74-70-66-62-58-54-50-44-20-18-16-14-12-10-8-6-4-2/h27,29,34,37,72,76,81-82,86-87H,3-26,28,30-33,35-36,38-71,73-75,77-80H2,1-2H3,(H,85,88)/b29-27-,37-34-,76-72+. The Hall–Kier alpha value is -1.92. The SMILES string of the molecule is CCCCCCCCCCCCCCCCCCCCCCCCC/C=C/C(O)C(CO)NC(=O)CCCCCCCCCCCCCCCCC/C=C\C/C=C\CCCCCCCCCCCOC(=O)CCCCCCCCCCCCCCCCCCC. The molecular weight excluding hydrogens is 1100 g/mol. The molecule has 2 atom stereocenters. The molecule has 0 aromatic heterocycles. The minimum absolute atomic E-state index is 0.0178. The molecule has 6 nitrogen and oxygen atoms in total. The maximum Gasteiger partial charge on any atom is 0.305 e. The van der Waals surface area contributed by atoms with Crippen molar-refractivity contribution < 1.29 is 24.5 Å². The second kappa shape index (κ2) is 79.5. The van der Waals surface area contributed by atoms with Gasteiger partial charge < -0.3 is 20.3 Å². The van der Waals surface area contributed by atoms with Crippen molar-refractivity contribution in [1.29, 1.82) is 0 Å². The van der Waals surface area contributed by atoms with Crippen LogP contribution in [0.4, 0.5) is 0 Å². The van der Waals surface area contributed by atoms with Gasteiger partial charge in [-0.3, -0.25) is 9.59 Å². The minimum atomic E-state index is -0.846. The molecule has 0 fully saturated rings. The Morgan fingerprint density at radius 1 is 0.311 bits per heavy atom. The average Bonchev–Trinajstić information content (AvgIpc) is 3.72. The Morgan fingerprint density at radius 3 is 0.844 bits per heavy atom. The van der Waals surface area contributed by atoms with Gasteiger partial charge in [-0.05, 0) is 64.2 Å². The fourth-order valence-electron chi connectivity index (χ4n) is 13.1. The van der Waals surface area contributed by atoms with E-state index in [0.717, 1.165) is 44.9 Å². The summed E-state index contributed by atoms with van der Waals surface area (Å²) >= 11 is 0. The van der Waals surface area contributed by atoms with Crippen LogP contribution in [0, 0.1) is 0 Å². The van der Waals surface area contributed by atoms with Crippen LogP contribution in [0.1, 0.15) is 463 Å². The highest BCUT2D eigenvalue weighted by Crippen LogP contribution is 2.20. The number of hydrogen-bond donors (Lipinski definition) is 3. The number of allylic oxidation sites excluding steroid dienone is 5. The zero-order valence-corrected chi connectivity index (χ0v) is 61.1. The van der Waals surface area contributed by atoms with Gasteiger partial charge in [0.2, 0.25) is 5.91 Å². The van der Waals surface area contributed by atoms with Gasteiger partial charge in [-0.15, -0.1) is 0 Å². The van der Waals surface area contributed by atoms with Crippen LogP contribution in [0.15, 0.2) is 36.5 Å². The highest BCUT2D eigenvalue weighted by Gasteiger charge is 2.18. The maximum atomic E-state index is 12.6. The number of ether oxygens (including phenoxy) is 1. The van der Waals surface area contributed by atoms with Crippen molar-refractivity contribution >= 4 is 11.9 Å². The van der Waals surface area contributed by atoms with Gasteiger partial charge in [0, 0.05) is 12.8 Å². The van der Waals surface area contributed by atoms with Crippen molar-refractivity contribution in [2.75, 3.05) is 13.2 Å². The summed E-state index contributed by atoms with van der Waals surface area (Å²) in [5, 5.41) is 23.3. The van der Waals surface area contributed by atoms with E-state index in [9.17, 15) is 19.8 Å². The monoisotopic (exact) mass is 1260 g/mol. The molecule has 6 heteroatoms. The fraction of sp³-hybridized carbons (Fsp3) is 0.905. The van der Waals surface area contributed by atoms with E-state index in [-0.39, 0.29) is 18.5 Å². The van der Waals surface area contributed by atoms with E-state index in [2.05, 4.69) is 43.5 Å². The number of carbonyl (C=O) groups excluding carboxylic acids is 2. The Kier molecular flexibility index (Phi) is 77.8. The molecule has 3 N–H and O–H groups in total. The molecule has 2 unspecified atom stereocenters. The molecule has 0 radical (unpaired) electrons. The smallest absolute Gasteiger partial charge is 0.305 e. The van der Waals surface area contributed by atoms with E-state index < -0.39 is 12.1 Å². The van der Waals surface area contributed by atoms with Gasteiger partial charge in [-0.1, -0.05) is 423 Å². The number of rotatable bonds is 78. The van der Waals surface area contributed by atoms with Crippen LogP contribution in [0.2, 0.25) is 0 Å². The Morgan fingerprint density at radius 2 is 0.556 bits per heavy atom. The summed E-state index contributed by atoms with van der Waals surface area (Å²) in [5.41, 5.74) is 0. The Labute approximate surface area is 564 Å². The molecule has 0 rings (SSSR count). The highest BCUT2D eigenvalue weighted by atomic mass is 16.5. The van der Waals surface area contributed by atoms with Crippen molar-refractivity contribution in [3.05, 3.63) is 36.5 Å². The minimum Gasteiger partial charge on any atom is -0.466 e. The number of amides is 1. The molecule has 0 spiro atoms. The molecule has 1 amide bonds. The Balaban J connectivity index is 3.40. The first-order chi connectivity index (χ1) is 44.5. The molecule has 0 saturated carbocycles. The largest absolute Gasteiger partial charge is 0.466 e. The summed E-state index contributed by atoms with van der Waals surface area (Å²) in [4.78, 5) is 24.7. The molecule has 0 aromatic rings.